The predicted molar refractivity (Wildman–Crippen MR) is 75.0 cm³/mol. The van der Waals surface area contributed by atoms with Crippen LogP contribution in [0.15, 0.2) is 17.6 Å². The van der Waals surface area contributed by atoms with Crippen LogP contribution in [0.25, 0.3) is 0 Å². The van der Waals surface area contributed by atoms with Crippen LogP contribution in [0.3, 0.4) is 0 Å². The van der Waals surface area contributed by atoms with Gasteiger partial charge < -0.3 is 5.32 Å². The van der Waals surface area contributed by atoms with Gasteiger partial charge in [-0.15, -0.1) is 11.3 Å². The molecule has 0 aromatic carbocycles. The zero-order valence-electron chi connectivity index (χ0n) is 11.2. The first-order valence-electron chi connectivity index (χ1n) is 6.28. The van der Waals surface area contributed by atoms with Gasteiger partial charge in [0.15, 0.2) is 0 Å². The summed E-state index contributed by atoms with van der Waals surface area (Å²) in [6, 6.07) is 2.53. The van der Waals surface area contributed by atoms with Gasteiger partial charge in [0.25, 0.3) is 0 Å². The highest BCUT2D eigenvalue weighted by Crippen LogP contribution is 2.05. The molecule has 2 aromatic heterocycles. The average molecular weight is 264 g/mol. The molecule has 0 aliphatic rings. The molecule has 2 aromatic rings. The molecule has 0 amide bonds. The standard InChI is InChI=1S/C13H20N4S/c1-10-8-12(3)17(16-10)9-11(2)14-5-4-13-15-6-7-18-13/h6-8,11,14H,4-5,9H2,1-3H3/t11-/m1/s1. The van der Waals surface area contributed by atoms with Gasteiger partial charge in [-0.1, -0.05) is 0 Å². The second kappa shape index (κ2) is 6.11. The van der Waals surface area contributed by atoms with Gasteiger partial charge in [-0.25, -0.2) is 4.98 Å². The van der Waals surface area contributed by atoms with Gasteiger partial charge in [0.05, 0.1) is 17.2 Å². The lowest BCUT2D eigenvalue weighted by Gasteiger charge is -2.14. The van der Waals surface area contributed by atoms with Gasteiger partial charge in [-0.2, -0.15) is 5.10 Å². The summed E-state index contributed by atoms with van der Waals surface area (Å²) in [6.07, 6.45) is 2.86. The van der Waals surface area contributed by atoms with Crippen LogP contribution in [0.2, 0.25) is 0 Å². The molecule has 0 fully saturated rings. The Balaban J connectivity index is 1.75. The maximum absolute atomic E-state index is 4.47. The van der Waals surface area contributed by atoms with Crippen molar-refractivity contribution in [1.82, 2.24) is 20.1 Å². The molecule has 2 rings (SSSR count). The Hall–Kier alpha value is -1.20. The van der Waals surface area contributed by atoms with E-state index < -0.39 is 0 Å². The molecule has 0 radical (unpaired) electrons. The van der Waals surface area contributed by atoms with Crippen LogP contribution < -0.4 is 5.32 Å². The molecule has 0 aliphatic carbocycles. The van der Waals surface area contributed by atoms with Crippen molar-refractivity contribution >= 4 is 11.3 Å². The third-order valence-corrected chi connectivity index (χ3v) is 3.70. The first kappa shape index (κ1) is 13.2. The first-order chi connectivity index (χ1) is 8.65. The van der Waals surface area contributed by atoms with E-state index in [1.54, 1.807) is 11.3 Å². The maximum atomic E-state index is 4.47. The number of rotatable bonds is 6. The SMILES string of the molecule is Cc1cc(C)n(C[C@@H](C)NCCc2nccs2)n1. The number of nitrogens with one attached hydrogen (secondary N) is 1. The Morgan fingerprint density at radius 1 is 1.44 bits per heavy atom. The van der Waals surface area contributed by atoms with Crippen LogP contribution in [0.1, 0.15) is 23.3 Å². The van der Waals surface area contributed by atoms with Crippen molar-refractivity contribution in [3.05, 3.63) is 34.0 Å². The number of hydrogen-bond donors (Lipinski definition) is 1. The Labute approximate surface area is 112 Å². The van der Waals surface area contributed by atoms with Gasteiger partial charge in [-0.3, -0.25) is 4.68 Å². The van der Waals surface area contributed by atoms with E-state index in [0.29, 0.717) is 6.04 Å². The van der Waals surface area contributed by atoms with Crippen molar-refractivity contribution in [3.63, 3.8) is 0 Å². The van der Waals surface area contributed by atoms with Gasteiger partial charge in [0, 0.05) is 36.3 Å². The summed E-state index contributed by atoms with van der Waals surface area (Å²) in [6.45, 7) is 8.20. The van der Waals surface area contributed by atoms with E-state index in [0.717, 1.165) is 25.2 Å². The van der Waals surface area contributed by atoms with Crippen LogP contribution in [-0.4, -0.2) is 27.4 Å². The molecule has 4 nitrogen and oxygen atoms in total. The largest absolute Gasteiger partial charge is 0.312 e. The minimum absolute atomic E-state index is 0.419. The van der Waals surface area contributed by atoms with Crippen LogP contribution in [0.4, 0.5) is 0 Å². The fraction of sp³-hybridized carbons (Fsp3) is 0.538. The molecule has 1 atom stereocenters. The zero-order valence-corrected chi connectivity index (χ0v) is 12.0. The van der Waals surface area contributed by atoms with Gasteiger partial charge in [0.2, 0.25) is 0 Å². The smallest absolute Gasteiger partial charge is 0.0937 e. The van der Waals surface area contributed by atoms with E-state index in [1.165, 1.54) is 10.7 Å². The second-order valence-corrected chi connectivity index (χ2v) is 5.62. The van der Waals surface area contributed by atoms with Crippen molar-refractivity contribution in [2.24, 2.45) is 0 Å². The fourth-order valence-corrected chi connectivity index (χ4v) is 2.61. The molecule has 0 saturated carbocycles. The Kier molecular flexibility index (Phi) is 4.49. The second-order valence-electron chi connectivity index (χ2n) is 4.64. The number of aromatic nitrogens is 3. The van der Waals surface area contributed by atoms with Crippen LogP contribution in [0.5, 0.6) is 0 Å². The minimum atomic E-state index is 0.419. The van der Waals surface area contributed by atoms with E-state index >= 15 is 0 Å². The molecule has 0 saturated heterocycles. The molecule has 0 bridgehead atoms. The summed E-state index contributed by atoms with van der Waals surface area (Å²) in [5.74, 6) is 0. The Morgan fingerprint density at radius 3 is 2.89 bits per heavy atom. The maximum Gasteiger partial charge on any atom is 0.0937 e. The normalized spacial score (nSPS) is 12.8. The van der Waals surface area contributed by atoms with Crippen LogP contribution in [0, 0.1) is 13.8 Å². The monoisotopic (exact) mass is 264 g/mol. The Bertz CT molecular complexity index is 475. The summed E-state index contributed by atoms with van der Waals surface area (Å²) in [4.78, 5) is 4.28. The minimum Gasteiger partial charge on any atom is -0.312 e. The number of hydrogen-bond acceptors (Lipinski definition) is 4. The fourth-order valence-electron chi connectivity index (χ4n) is 1.99. The average Bonchev–Trinajstić information content (AvgIpc) is 2.90. The summed E-state index contributed by atoms with van der Waals surface area (Å²) < 4.78 is 2.07. The lowest BCUT2D eigenvalue weighted by molar-refractivity contribution is 0.447. The van der Waals surface area contributed by atoms with Crippen molar-refractivity contribution in [3.8, 4) is 0 Å². The van der Waals surface area contributed by atoms with Gasteiger partial charge >= 0.3 is 0 Å². The van der Waals surface area contributed by atoms with Crippen LogP contribution in [-0.2, 0) is 13.0 Å². The zero-order chi connectivity index (χ0) is 13.0. The highest BCUT2D eigenvalue weighted by atomic mass is 32.1. The molecule has 0 aliphatic heterocycles. The number of nitrogens with zero attached hydrogens (tertiary/aromatic N) is 3. The molecule has 0 spiro atoms. The lowest BCUT2D eigenvalue weighted by atomic mass is 10.3. The number of aryl methyl sites for hydroxylation is 2. The van der Waals surface area contributed by atoms with Gasteiger partial charge in [-0.05, 0) is 26.8 Å². The van der Waals surface area contributed by atoms with Crippen LogP contribution >= 0.6 is 11.3 Å². The molecule has 18 heavy (non-hydrogen) atoms. The van der Waals surface area contributed by atoms with E-state index in [9.17, 15) is 0 Å². The van der Waals surface area contributed by atoms with Gasteiger partial charge in [0.1, 0.15) is 0 Å². The molecular weight excluding hydrogens is 244 g/mol. The first-order valence-corrected chi connectivity index (χ1v) is 7.16. The summed E-state index contributed by atoms with van der Waals surface area (Å²) >= 11 is 1.72. The van der Waals surface area contributed by atoms with Crippen molar-refractivity contribution < 1.29 is 0 Å². The van der Waals surface area contributed by atoms with E-state index in [1.807, 2.05) is 18.5 Å². The van der Waals surface area contributed by atoms with Crippen molar-refractivity contribution in [2.45, 2.75) is 39.8 Å². The van der Waals surface area contributed by atoms with E-state index in [-0.39, 0.29) is 0 Å². The summed E-state index contributed by atoms with van der Waals surface area (Å²) in [5, 5.41) is 11.2. The molecule has 1 N–H and O–H groups in total. The topological polar surface area (TPSA) is 42.7 Å². The lowest BCUT2D eigenvalue weighted by Crippen LogP contribution is -2.32. The van der Waals surface area contributed by atoms with E-state index in [2.05, 4.69) is 40.0 Å². The molecule has 98 valence electrons. The highest BCUT2D eigenvalue weighted by Gasteiger charge is 2.06. The third-order valence-electron chi connectivity index (χ3n) is 2.87. The quantitative estimate of drug-likeness (QED) is 0.869. The molecule has 5 heteroatoms. The predicted octanol–water partition coefficient (Wildman–Crippen LogP) is 2.18. The molecular formula is C13H20N4S. The third kappa shape index (κ3) is 3.65. The Morgan fingerprint density at radius 2 is 2.28 bits per heavy atom. The summed E-state index contributed by atoms with van der Waals surface area (Å²) in [5.41, 5.74) is 2.31. The number of thiazole rings is 1. The molecule has 2 heterocycles. The van der Waals surface area contributed by atoms with Crippen molar-refractivity contribution in [1.29, 1.82) is 0 Å². The van der Waals surface area contributed by atoms with E-state index in [4.69, 9.17) is 0 Å². The summed E-state index contributed by atoms with van der Waals surface area (Å²) in [7, 11) is 0. The molecule has 0 unspecified atom stereocenters. The van der Waals surface area contributed by atoms with Crippen molar-refractivity contribution in [2.75, 3.05) is 6.54 Å². The highest BCUT2D eigenvalue weighted by molar-refractivity contribution is 7.09.